The lowest BCUT2D eigenvalue weighted by molar-refractivity contribution is -0.384. The highest BCUT2D eigenvalue weighted by atomic mass is 16.6. The molecule has 0 aliphatic heterocycles. The largest absolute Gasteiger partial charge is 0.456 e. The van der Waals surface area contributed by atoms with E-state index >= 15 is 0 Å². The lowest BCUT2D eigenvalue weighted by atomic mass is 10.3. The number of benzene rings is 1. The number of esters is 1. The van der Waals surface area contributed by atoms with Crippen LogP contribution in [0.4, 0.5) is 16.2 Å². The number of nitro benzene ring substituents is 1. The van der Waals surface area contributed by atoms with Crippen molar-refractivity contribution in [2.24, 2.45) is 0 Å². The summed E-state index contributed by atoms with van der Waals surface area (Å²) in [6.45, 7) is 2.98. The molecular weight excluding hydrogens is 322 g/mol. The number of nitrogens with one attached hydrogen (secondary N) is 2. The van der Waals surface area contributed by atoms with E-state index in [2.05, 4.69) is 15.4 Å². The zero-order valence-electron chi connectivity index (χ0n) is 13.1. The van der Waals surface area contributed by atoms with E-state index in [4.69, 9.17) is 4.74 Å². The summed E-state index contributed by atoms with van der Waals surface area (Å²) in [6.07, 6.45) is -1.21. The Morgan fingerprint density at radius 3 is 2.38 bits per heavy atom. The van der Waals surface area contributed by atoms with E-state index in [9.17, 15) is 24.5 Å². The van der Waals surface area contributed by atoms with Gasteiger partial charge in [0, 0.05) is 17.8 Å². The molecule has 1 aromatic carbocycles. The van der Waals surface area contributed by atoms with Crippen molar-refractivity contribution in [2.75, 3.05) is 18.5 Å². The number of hydrogen-bond donors (Lipinski definition) is 2. The molecule has 0 unspecified atom stereocenters. The first-order valence-corrected chi connectivity index (χ1v) is 6.96. The molecule has 0 aliphatic rings. The van der Waals surface area contributed by atoms with Gasteiger partial charge in [-0.1, -0.05) is 0 Å². The molecule has 0 radical (unpaired) electrons. The van der Waals surface area contributed by atoms with Crippen LogP contribution in [0.25, 0.3) is 0 Å². The number of non-ortho nitro benzene ring substituents is 1. The highest BCUT2D eigenvalue weighted by Gasteiger charge is 2.16. The van der Waals surface area contributed by atoms with E-state index in [-0.39, 0.29) is 18.8 Å². The summed E-state index contributed by atoms with van der Waals surface area (Å²) in [5.74, 6) is -1.94. The van der Waals surface area contributed by atoms with E-state index in [0.29, 0.717) is 5.69 Å². The van der Waals surface area contributed by atoms with Gasteiger partial charge in [0.2, 0.25) is 0 Å². The van der Waals surface area contributed by atoms with Crippen LogP contribution in [0.5, 0.6) is 0 Å². The second kappa shape index (κ2) is 9.08. The van der Waals surface area contributed by atoms with Crippen molar-refractivity contribution in [3.63, 3.8) is 0 Å². The first-order chi connectivity index (χ1) is 11.3. The fourth-order valence-corrected chi connectivity index (χ4v) is 1.47. The zero-order valence-corrected chi connectivity index (χ0v) is 13.1. The van der Waals surface area contributed by atoms with Gasteiger partial charge in [-0.3, -0.25) is 20.2 Å². The van der Waals surface area contributed by atoms with E-state index in [1.54, 1.807) is 13.8 Å². The monoisotopic (exact) mass is 339 g/mol. The lowest BCUT2D eigenvalue weighted by Gasteiger charge is -2.09. The predicted molar refractivity (Wildman–Crippen MR) is 82.3 cm³/mol. The Morgan fingerprint density at radius 1 is 1.21 bits per heavy atom. The van der Waals surface area contributed by atoms with Gasteiger partial charge in [-0.2, -0.15) is 0 Å². The summed E-state index contributed by atoms with van der Waals surface area (Å²) in [5, 5.41) is 15.1. The Morgan fingerprint density at radius 2 is 1.83 bits per heavy atom. The van der Waals surface area contributed by atoms with Crippen LogP contribution < -0.4 is 10.6 Å². The second-order valence-electron chi connectivity index (χ2n) is 4.77. The van der Waals surface area contributed by atoms with Crippen LogP contribution in [0.15, 0.2) is 24.3 Å². The van der Waals surface area contributed by atoms with Gasteiger partial charge in [0.15, 0.2) is 0 Å². The van der Waals surface area contributed by atoms with Gasteiger partial charge < -0.3 is 14.8 Å². The fourth-order valence-electron chi connectivity index (χ4n) is 1.47. The number of ether oxygens (including phenoxy) is 2. The zero-order chi connectivity index (χ0) is 18.1. The van der Waals surface area contributed by atoms with Crippen molar-refractivity contribution in [1.82, 2.24) is 5.32 Å². The summed E-state index contributed by atoms with van der Waals surface area (Å²) in [5.41, 5.74) is 0.208. The second-order valence-corrected chi connectivity index (χ2v) is 4.77. The maximum Gasteiger partial charge on any atom is 0.411 e. The van der Waals surface area contributed by atoms with Crippen LogP contribution in [0.1, 0.15) is 13.8 Å². The van der Waals surface area contributed by atoms with Crippen LogP contribution in [-0.4, -0.2) is 42.1 Å². The molecule has 0 aliphatic carbocycles. The molecule has 24 heavy (non-hydrogen) atoms. The third kappa shape index (κ3) is 6.73. The number of anilines is 1. The number of rotatable bonds is 6. The van der Waals surface area contributed by atoms with Crippen LogP contribution >= 0.6 is 0 Å². The number of hydrogen-bond acceptors (Lipinski definition) is 7. The molecule has 0 aromatic heterocycles. The molecule has 0 spiro atoms. The van der Waals surface area contributed by atoms with E-state index in [1.165, 1.54) is 24.3 Å². The molecule has 1 aromatic rings. The molecule has 2 N–H and O–H groups in total. The first kappa shape index (κ1) is 18.9. The minimum Gasteiger partial charge on any atom is -0.456 e. The Hall–Kier alpha value is -3.17. The molecule has 0 atom stereocenters. The summed E-state index contributed by atoms with van der Waals surface area (Å²) >= 11 is 0. The van der Waals surface area contributed by atoms with Gasteiger partial charge in [-0.05, 0) is 26.0 Å². The van der Waals surface area contributed by atoms with Crippen LogP contribution in [0, 0.1) is 10.1 Å². The standard InChI is InChI=1S/C14H17N3O7/c1-9(2)24-13(19)12(18)15-7-8-23-14(20)16-10-3-5-11(6-4-10)17(21)22/h3-6,9H,7-8H2,1-2H3,(H,15,18)(H,16,20). The van der Waals surface area contributed by atoms with Crippen molar-refractivity contribution >= 4 is 29.3 Å². The molecule has 1 rings (SSSR count). The lowest BCUT2D eigenvalue weighted by Crippen LogP contribution is -2.36. The van der Waals surface area contributed by atoms with Crippen molar-refractivity contribution in [3.05, 3.63) is 34.4 Å². The van der Waals surface area contributed by atoms with Gasteiger partial charge in [0.25, 0.3) is 5.69 Å². The molecular formula is C14H17N3O7. The Kier molecular flexibility index (Phi) is 7.14. The highest BCUT2D eigenvalue weighted by molar-refractivity contribution is 6.32. The van der Waals surface area contributed by atoms with Crippen LogP contribution in [0.3, 0.4) is 0 Å². The fraction of sp³-hybridized carbons (Fsp3) is 0.357. The summed E-state index contributed by atoms with van der Waals surface area (Å²) < 4.78 is 9.46. The summed E-state index contributed by atoms with van der Waals surface area (Å²) in [7, 11) is 0. The van der Waals surface area contributed by atoms with E-state index in [0.717, 1.165) is 0 Å². The summed E-state index contributed by atoms with van der Waals surface area (Å²) in [4.78, 5) is 43.9. The molecule has 0 fully saturated rings. The van der Waals surface area contributed by atoms with Gasteiger partial charge >= 0.3 is 18.0 Å². The van der Waals surface area contributed by atoms with Crippen molar-refractivity contribution < 1.29 is 28.8 Å². The third-order valence-corrected chi connectivity index (χ3v) is 2.47. The van der Waals surface area contributed by atoms with Crippen LogP contribution in [-0.2, 0) is 19.1 Å². The number of nitrogens with zero attached hydrogens (tertiary/aromatic N) is 1. The molecule has 130 valence electrons. The number of amides is 2. The van der Waals surface area contributed by atoms with Gasteiger partial charge in [-0.25, -0.2) is 9.59 Å². The average Bonchev–Trinajstić information content (AvgIpc) is 2.51. The highest BCUT2D eigenvalue weighted by Crippen LogP contribution is 2.15. The summed E-state index contributed by atoms with van der Waals surface area (Å²) in [6, 6.07) is 5.17. The average molecular weight is 339 g/mol. The molecule has 0 heterocycles. The minimum atomic E-state index is -1.01. The Balaban J connectivity index is 2.28. The van der Waals surface area contributed by atoms with E-state index < -0.39 is 29.0 Å². The van der Waals surface area contributed by atoms with Crippen molar-refractivity contribution in [2.45, 2.75) is 20.0 Å². The molecule has 0 saturated heterocycles. The smallest absolute Gasteiger partial charge is 0.411 e. The normalized spacial score (nSPS) is 9.96. The number of carbonyl (C=O) groups excluding carboxylic acids is 3. The quantitative estimate of drug-likeness (QED) is 0.261. The molecule has 0 saturated carbocycles. The topological polar surface area (TPSA) is 137 Å². The maximum atomic E-state index is 11.5. The van der Waals surface area contributed by atoms with Gasteiger partial charge in [-0.15, -0.1) is 0 Å². The van der Waals surface area contributed by atoms with Crippen molar-refractivity contribution in [3.8, 4) is 0 Å². The van der Waals surface area contributed by atoms with Crippen molar-refractivity contribution in [1.29, 1.82) is 0 Å². The Labute approximate surface area is 137 Å². The Bertz CT molecular complexity index is 613. The van der Waals surface area contributed by atoms with Gasteiger partial charge in [0.1, 0.15) is 6.61 Å². The van der Waals surface area contributed by atoms with E-state index in [1.807, 2.05) is 0 Å². The predicted octanol–water partition coefficient (Wildman–Crippen LogP) is 1.21. The SMILES string of the molecule is CC(C)OC(=O)C(=O)NCCOC(=O)Nc1ccc([N+](=O)[O-])cc1. The van der Waals surface area contributed by atoms with Crippen LogP contribution in [0.2, 0.25) is 0 Å². The molecule has 2 amide bonds. The maximum absolute atomic E-state index is 11.5. The minimum absolute atomic E-state index is 0.0697. The number of carbonyl (C=O) groups is 3. The third-order valence-electron chi connectivity index (χ3n) is 2.47. The molecule has 10 nitrogen and oxygen atoms in total. The molecule has 0 bridgehead atoms. The number of nitro groups is 1. The molecule has 10 heteroatoms. The first-order valence-electron chi connectivity index (χ1n) is 6.96. The van der Waals surface area contributed by atoms with Gasteiger partial charge in [0.05, 0.1) is 17.6 Å².